The van der Waals surface area contributed by atoms with Crippen LogP contribution in [0.1, 0.15) is 23.6 Å². The molecule has 0 unspecified atom stereocenters. The van der Waals surface area contributed by atoms with Crippen LogP contribution in [-0.4, -0.2) is 35.5 Å². The highest BCUT2D eigenvalue weighted by Crippen LogP contribution is 2.50. The van der Waals surface area contributed by atoms with Crippen molar-refractivity contribution in [1.29, 1.82) is 0 Å². The molecule has 3 rings (SSSR count). The van der Waals surface area contributed by atoms with Gasteiger partial charge in [0.1, 0.15) is 28.7 Å². The molecule has 3 aromatic carbocycles. The van der Waals surface area contributed by atoms with Crippen molar-refractivity contribution in [1.82, 2.24) is 0 Å². The van der Waals surface area contributed by atoms with Crippen LogP contribution >= 0.6 is 0 Å². The molecule has 0 amide bonds. The lowest BCUT2D eigenvalue weighted by Crippen LogP contribution is -2.27. The van der Waals surface area contributed by atoms with Crippen molar-refractivity contribution in [3.8, 4) is 28.7 Å². The van der Waals surface area contributed by atoms with Gasteiger partial charge in [0.2, 0.25) is 0 Å². The highest BCUT2D eigenvalue weighted by molar-refractivity contribution is 5.63. The number of para-hydroxylation sites is 1. The minimum atomic E-state index is -0.651. The van der Waals surface area contributed by atoms with Gasteiger partial charge in [-0.15, -0.1) is 0 Å². The van der Waals surface area contributed by atoms with Crippen LogP contribution in [0, 0.1) is 0 Å². The molecule has 0 atom stereocenters. The van der Waals surface area contributed by atoms with Crippen LogP contribution in [0.3, 0.4) is 0 Å². The molecule has 158 valence electrons. The first-order valence-electron chi connectivity index (χ1n) is 9.62. The Morgan fingerprint density at radius 1 is 0.500 bits per heavy atom. The van der Waals surface area contributed by atoms with Gasteiger partial charge in [-0.1, -0.05) is 30.3 Å². The molecule has 0 aliphatic heterocycles. The highest BCUT2D eigenvalue weighted by atomic mass is 16.5. The van der Waals surface area contributed by atoms with E-state index in [2.05, 4.69) is 13.0 Å². The lowest BCUT2D eigenvalue weighted by molar-refractivity contribution is 0.373. The predicted octanol–water partition coefficient (Wildman–Crippen LogP) is 5.08. The van der Waals surface area contributed by atoms with Crippen LogP contribution in [0.15, 0.2) is 60.7 Å². The van der Waals surface area contributed by atoms with E-state index in [1.807, 2.05) is 54.6 Å². The minimum absolute atomic E-state index is 0.651. The van der Waals surface area contributed by atoms with Gasteiger partial charge in [-0.2, -0.15) is 0 Å². The summed E-state index contributed by atoms with van der Waals surface area (Å²) < 4.78 is 28.1. The monoisotopic (exact) mass is 408 g/mol. The zero-order valence-electron chi connectivity index (χ0n) is 18.3. The van der Waals surface area contributed by atoms with Gasteiger partial charge < -0.3 is 23.7 Å². The summed E-state index contributed by atoms with van der Waals surface area (Å²) in [7, 11) is 8.27. The molecule has 0 saturated heterocycles. The van der Waals surface area contributed by atoms with E-state index in [9.17, 15) is 0 Å². The number of hydrogen-bond acceptors (Lipinski definition) is 5. The van der Waals surface area contributed by atoms with Crippen molar-refractivity contribution in [2.24, 2.45) is 0 Å². The molecule has 0 bridgehead atoms. The second-order valence-corrected chi connectivity index (χ2v) is 6.96. The van der Waals surface area contributed by atoms with Crippen molar-refractivity contribution < 1.29 is 23.7 Å². The average Bonchev–Trinajstić information content (AvgIpc) is 2.82. The Bertz CT molecular complexity index is 957. The SMILES string of the molecule is COc1ccc(C(C)(c2ccccc2OC)c2ccc(OC)cc2OC)c(OC)c1. The topological polar surface area (TPSA) is 46.2 Å². The summed E-state index contributed by atoms with van der Waals surface area (Å²) in [6.45, 7) is 2.14. The van der Waals surface area contributed by atoms with Gasteiger partial charge in [0.25, 0.3) is 0 Å². The Labute approximate surface area is 178 Å². The van der Waals surface area contributed by atoms with Crippen molar-refractivity contribution in [2.45, 2.75) is 12.3 Å². The molecule has 0 fully saturated rings. The Balaban J connectivity index is 2.40. The Morgan fingerprint density at radius 2 is 0.933 bits per heavy atom. The van der Waals surface area contributed by atoms with Crippen LogP contribution in [0.5, 0.6) is 28.7 Å². The van der Waals surface area contributed by atoms with E-state index in [1.54, 1.807) is 35.5 Å². The fourth-order valence-electron chi connectivity index (χ4n) is 3.92. The van der Waals surface area contributed by atoms with E-state index in [4.69, 9.17) is 23.7 Å². The van der Waals surface area contributed by atoms with Crippen molar-refractivity contribution in [2.75, 3.05) is 35.5 Å². The number of hydrogen-bond donors (Lipinski definition) is 0. The summed E-state index contributed by atoms with van der Waals surface area (Å²) in [5, 5.41) is 0. The smallest absolute Gasteiger partial charge is 0.126 e. The Hall–Kier alpha value is -3.34. The third-order valence-electron chi connectivity index (χ3n) is 5.54. The summed E-state index contributed by atoms with van der Waals surface area (Å²) in [6, 6.07) is 19.7. The third kappa shape index (κ3) is 3.63. The first kappa shape index (κ1) is 21.4. The summed E-state index contributed by atoms with van der Waals surface area (Å²) in [5.41, 5.74) is 2.25. The molecule has 3 aromatic rings. The quantitative estimate of drug-likeness (QED) is 0.486. The fraction of sp³-hybridized carbons (Fsp3) is 0.280. The maximum absolute atomic E-state index is 5.78. The normalized spacial score (nSPS) is 11.0. The van der Waals surface area contributed by atoms with Crippen molar-refractivity contribution >= 4 is 0 Å². The van der Waals surface area contributed by atoms with Crippen LogP contribution in [0.4, 0.5) is 0 Å². The molecule has 0 aliphatic carbocycles. The predicted molar refractivity (Wildman–Crippen MR) is 118 cm³/mol. The molecule has 0 aromatic heterocycles. The van der Waals surface area contributed by atoms with Gasteiger partial charge in [-0.05, 0) is 25.1 Å². The Kier molecular flexibility index (Phi) is 6.40. The van der Waals surface area contributed by atoms with Gasteiger partial charge in [0.15, 0.2) is 0 Å². The first-order chi connectivity index (χ1) is 14.5. The van der Waals surface area contributed by atoms with Gasteiger partial charge in [-0.3, -0.25) is 0 Å². The maximum atomic E-state index is 5.78. The standard InChI is InChI=1S/C25H28O5/c1-25(19-9-7-8-10-22(19)28-4,20-13-11-17(26-2)15-23(20)29-5)21-14-12-18(27-3)16-24(21)30-6/h7-16H,1-6H3. The van der Waals surface area contributed by atoms with Gasteiger partial charge in [0, 0.05) is 28.8 Å². The van der Waals surface area contributed by atoms with E-state index in [-0.39, 0.29) is 0 Å². The van der Waals surface area contributed by atoms with Crippen molar-refractivity contribution in [3.63, 3.8) is 0 Å². The number of methoxy groups -OCH3 is 5. The van der Waals surface area contributed by atoms with E-state index in [0.717, 1.165) is 33.9 Å². The minimum Gasteiger partial charge on any atom is -0.497 e. The fourth-order valence-corrected chi connectivity index (χ4v) is 3.92. The zero-order chi connectivity index (χ0) is 21.7. The van der Waals surface area contributed by atoms with Crippen LogP contribution in [-0.2, 0) is 5.41 Å². The second-order valence-electron chi connectivity index (χ2n) is 6.96. The summed E-state index contributed by atoms with van der Waals surface area (Å²) in [6.07, 6.45) is 0. The van der Waals surface area contributed by atoms with Crippen LogP contribution in [0.25, 0.3) is 0 Å². The molecular weight excluding hydrogens is 380 g/mol. The zero-order valence-corrected chi connectivity index (χ0v) is 18.3. The summed E-state index contributed by atoms with van der Waals surface area (Å²) >= 11 is 0. The maximum Gasteiger partial charge on any atom is 0.126 e. The van der Waals surface area contributed by atoms with Gasteiger partial charge >= 0.3 is 0 Å². The van der Waals surface area contributed by atoms with Crippen LogP contribution < -0.4 is 23.7 Å². The van der Waals surface area contributed by atoms with E-state index in [0.29, 0.717) is 11.5 Å². The molecule has 0 N–H and O–H groups in total. The van der Waals surface area contributed by atoms with Gasteiger partial charge in [-0.25, -0.2) is 0 Å². The Morgan fingerprint density at radius 3 is 1.37 bits per heavy atom. The lowest BCUT2D eigenvalue weighted by atomic mass is 9.70. The van der Waals surface area contributed by atoms with E-state index >= 15 is 0 Å². The molecule has 30 heavy (non-hydrogen) atoms. The summed E-state index contributed by atoms with van der Waals surface area (Å²) in [4.78, 5) is 0. The molecular formula is C25H28O5. The van der Waals surface area contributed by atoms with E-state index in [1.165, 1.54) is 0 Å². The number of benzene rings is 3. The molecule has 5 nitrogen and oxygen atoms in total. The molecule has 0 spiro atoms. The lowest BCUT2D eigenvalue weighted by Gasteiger charge is -2.35. The molecule has 0 aliphatic rings. The molecule has 5 heteroatoms. The first-order valence-corrected chi connectivity index (χ1v) is 9.62. The molecule has 0 radical (unpaired) electrons. The molecule has 0 heterocycles. The molecule has 0 saturated carbocycles. The van der Waals surface area contributed by atoms with Crippen molar-refractivity contribution in [3.05, 3.63) is 77.4 Å². The van der Waals surface area contributed by atoms with Gasteiger partial charge in [0.05, 0.1) is 41.0 Å². The number of ether oxygens (including phenoxy) is 5. The summed E-state index contributed by atoms with van der Waals surface area (Å²) in [5.74, 6) is 3.64. The highest BCUT2D eigenvalue weighted by Gasteiger charge is 2.38. The third-order valence-corrected chi connectivity index (χ3v) is 5.54. The average molecular weight is 408 g/mol. The number of rotatable bonds is 8. The van der Waals surface area contributed by atoms with E-state index < -0.39 is 5.41 Å². The largest absolute Gasteiger partial charge is 0.497 e. The van der Waals surface area contributed by atoms with Crippen LogP contribution in [0.2, 0.25) is 0 Å². The second kappa shape index (κ2) is 8.99.